The molecule has 0 heterocycles. The van der Waals surface area contributed by atoms with Crippen molar-refractivity contribution in [3.8, 4) is 5.75 Å². The molecule has 158 valence electrons. The van der Waals surface area contributed by atoms with E-state index in [4.69, 9.17) is 4.74 Å². The van der Waals surface area contributed by atoms with Gasteiger partial charge in [-0.05, 0) is 25.0 Å². The molecule has 3 rings (SSSR count). The van der Waals surface area contributed by atoms with E-state index in [-0.39, 0.29) is 17.4 Å². The molecule has 9 heteroatoms. The fourth-order valence-corrected chi connectivity index (χ4v) is 2.68. The van der Waals surface area contributed by atoms with E-state index in [2.05, 4.69) is 15.4 Å². The number of rotatable bonds is 9. The number of hydrogen-bond acceptors (Lipinski definition) is 5. The number of alkyl halides is 2. The molecule has 0 saturated heterocycles. The smallest absolute Gasteiger partial charge is 0.387 e. The van der Waals surface area contributed by atoms with Crippen LogP contribution in [0, 0.1) is 0 Å². The van der Waals surface area contributed by atoms with Crippen LogP contribution >= 0.6 is 0 Å². The maximum Gasteiger partial charge on any atom is 0.387 e. The van der Waals surface area contributed by atoms with Gasteiger partial charge in [-0.2, -0.15) is 8.78 Å². The summed E-state index contributed by atoms with van der Waals surface area (Å²) in [5.41, 5.74) is 0.336. The van der Waals surface area contributed by atoms with Crippen molar-refractivity contribution in [3.63, 3.8) is 0 Å². The van der Waals surface area contributed by atoms with Gasteiger partial charge in [-0.25, -0.2) is 0 Å². The summed E-state index contributed by atoms with van der Waals surface area (Å²) in [5.74, 6) is -2.40. The molecule has 0 aromatic heterocycles. The van der Waals surface area contributed by atoms with E-state index >= 15 is 0 Å². The number of nitrogens with one attached hydrogen (secondary N) is 2. The van der Waals surface area contributed by atoms with E-state index in [1.807, 2.05) is 0 Å². The van der Waals surface area contributed by atoms with Crippen molar-refractivity contribution in [3.05, 3.63) is 65.7 Å². The highest BCUT2D eigenvalue weighted by Crippen LogP contribution is 2.23. The molecule has 1 aliphatic carbocycles. The highest BCUT2D eigenvalue weighted by Gasteiger charge is 2.30. The number of ether oxygens (including phenoxy) is 2. The van der Waals surface area contributed by atoms with Crippen LogP contribution in [0.15, 0.2) is 54.6 Å². The summed E-state index contributed by atoms with van der Waals surface area (Å²) in [6.45, 7) is -3.65. The van der Waals surface area contributed by atoms with Crippen molar-refractivity contribution >= 4 is 17.8 Å². The molecule has 1 aliphatic rings. The first kappa shape index (κ1) is 21.2. The third-order valence-electron chi connectivity index (χ3n) is 4.25. The summed E-state index contributed by atoms with van der Waals surface area (Å²) in [6, 6.07) is 14.0. The standard InChI is InChI=1S/C21H20F2N2O5/c22-21(23)29-16-9-5-4-8-15(16)19(27)24-12-17(26)30-18(13-6-2-1-3-7-13)20(28)25-14-10-11-14/h1-9,14,18,21H,10-12H2,(H,24,27)(H,25,28)/t18-/m1/s1. The molecule has 1 saturated carbocycles. The van der Waals surface area contributed by atoms with Gasteiger partial charge < -0.3 is 20.1 Å². The number of hydrogen-bond donors (Lipinski definition) is 2. The predicted octanol–water partition coefficient (Wildman–Crippen LogP) is 2.58. The predicted molar refractivity (Wildman–Crippen MR) is 102 cm³/mol. The number of esters is 1. The summed E-state index contributed by atoms with van der Waals surface area (Å²) < 4.78 is 34.6. The molecule has 0 aliphatic heterocycles. The van der Waals surface area contributed by atoms with Crippen molar-refractivity contribution in [2.24, 2.45) is 0 Å². The Kier molecular flexibility index (Phi) is 6.95. The molecular weight excluding hydrogens is 398 g/mol. The number of para-hydroxylation sites is 1. The lowest BCUT2D eigenvalue weighted by molar-refractivity contribution is -0.155. The van der Waals surface area contributed by atoms with Gasteiger partial charge in [-0.15, -0.1) is 0 Å². The zero-order valence-electron chi connectivity index (χ0n) is 15.8. The molecule has 30 heavy (non-hydrogen) atoms. The van der Waals surface area contributed by atoms with Crippen molar-refractivity contribution in [2.45, 2.75) is 31.6 Å². The molecular formula is C21H20F2N2O5. The lowest BCUT2D eigenvalue weighted by Crippen LogP contribution is -2.36. The number of carbonyl (C=O) groups excluding carboxylic acids is 3. The molecule has 1 atom stereocenters. The summed E-state index contributed by atoms with van der Waals surface area (Å²) in [4.78, 5) is 37.0. The van der Waals surface area contributed by atoms with Crippen molar-refractivity contribution in [1.82, 2.24) is 10.6 Å². The Bertz CT molecular complexity index is 903. The number of carbonyl (C=O) groups is 3. The first-order chi connectivity index (χ1) is 14.4. The van der Waals surface area contributed by atoms with Crippen LogP contribution < -0.4 is 15.4 Å². The number of halogens is 2. The second-order valence-corrected chi connectivity index (χ2v) is 6.62. The van der Waals surface area contributed by atoms with Gasteiger partial charge in [0.15, 0.2) is 0 Å². The molecule has 0 radical (unpaired) electrons. The fraction of sp³-hybridized carbons (Fsp3) is 0.286. The number of amides is 2. The minimum atomic E-state index is -3.10. The van der Waals surface area contributed by atoms with Gasteiger partial charge in [0.25, 0.3) is 11.8 Å². The van der Waals surface area contributed by atoms with Crippen LogP contribution in [-0.4, -0.2) is 37.0 Å². The Morgan fingerprint density at radius 3 is 2.33 bits per heavy atom. The first-order valence-corrected chi connectivity index (χ1v) is 9.31. The van der Waals surface area contributed by atoms with Crippen molar-refractivity contribution in [2.75, 3.05) is 6.54 Å². The molecule has 2 aromatic carbocycles. The van der Waals surface area contributed by atoms with Crippen LogP contribution in [0.25, 0.3) is 0 Å². The Morgan fingerprint density at radius 2 is 1.67 bits per heavy atom. The van der Waals surface area contributed by atoms with Crippen LogP contribution in [0.1, 0.15) is 34.9 Å². The van der Waals surface area contributed by atoms with E-state index in [0.29, 0.717) is 5.56 Å². The Labute approximate surface area is 171 Å². The SMILES string of the molecule is O=C(CNC(=O)c1ccccc1OC(F)F)O[C@@H](C(=O)NC1CC1)c1ccccc1. The van der Waals surface area contributed by atoms with Gasteiger partial charge in [-0.3, -0.25) is 14.4 Å². The van der Waals surface area contributed by atoms with E-state index in [1.54, 1.807) is 30.3 Å². The zero-order valence-corrected chi connectivity index (χ0v) is 15.8. The van der Waals surface area contributed by atoms with Crippen LogP contribution in [-0.2, 0) is 14.3 Å². The highest BCUT2D eigenvalue weighted by atomic mass is 19.3. The van der Waals surface area contributed by atoms with E-state index in [1.165, 1.54) is 24.3 Å². The first-order valence-electron chi connectivity index (χ1n) is 9.31. The summed E-state index contributed by atoms with van der Waals surface area (Å²) in [5, 5.41) is 5.07. The summed E-state index contributed by atoms with van der Waals surface area (Å²) in [7, 11) is 0. The maximum atomic E-state index is 12.5. The highest BCUT2D eigenvalue weighted by molar-refractivity contribution is 5.98. The van der Waals surface area contributed by atoms with Crippen LogP contribution in [0.4, 0.5) is 8.78 Å². The lowest BCUT2D eigenvalue weighted by Gasteiger charge is -2.18. The molecule has 0 bridgehead atoms. The summed E-state index contributed by atoms with van der Waals surface area (Å²) >= 11 is 0. The molecule has 7 nitrogen and oxygen atoms in total. The van der Waals surface area contributed by atoms with E-state index in [9.17, 15) is 23.2 Å². The van der Waals surface area contributed by atoms with Crippen LogP contribution in [0.3, 0.4) is 0 Å². The minimum absolute atomic E-state index is 0.0773. The molecule has 1 fully saturated rings. The van der Waals surface area contributed by atoms with Crippen LogP contribution in [0.5, 0.6) is 5.75 Å². The lowest BCUT2D eigenvalue weighted by atomic mass is 10.1. The molecule has 0 spiro atoms. The normalized spacial score (nSPS) is 14.0. The Morgan fingerprint density at radius 1 is 1.00 bits per heavy atom. The van der Waals surface area contributed by atoms with E-state index in [0.717, 1.165) is 12.8 Å². The average molecular weight is 418 g/mol. The van der Waals surface area contributed by atoms with Crippen molar-refractivity contribution in [1.29, 1.82) is 0 Å². The zero-order chi connectivity index (χ0) is 21.5. The fourth-order valence-electron chi connectivity index (χ4n) is 2.68. The van der Waals surface area contributed by atoms with Crippen LogP contribution in [0.2, 0.25) is 0 Å². The minimum Gasteiger partial charge on any atom is -0.446 e. The van der Waals surface area contributed by atoms with E-state index < -0.39 is 37.0 Å². The summed E-state index contributed by atoms with van der Waals surface area (Å²) in [6.07, 6.45) is 0.583. The van der Waals surface area contributed by atoms with Gasteiger partial charge in [-0.1, -0.05) is 42.5 Å². The van der Waals surface area contributed by atoms with Gasteiger partial charge in [0.2, 0.25) is 6.10 Å². The van der Waals surface area contributed by atoms with Gasteiger partial charge >= 0.3 is 12.6 Å². The Balaban J connectivity index is 1.61. The Hall–Kier alpha value is -3.49. The third-order valence-corrected chi connectivity index (χ3v) is 4.25. The molecule has 0 unspecified atom stereocenters. The van der Waals surface area contributed by atoms with Crippen molar-refractivity contribution < 1.29 is 32.6 Å². The second-order valence-electron chi connectivity index (χ2n) is 6.62. The average Bonchev–Trinajstić information content (AvgIpc) is 3.54. The maximum absolute atomic E-state index is 12.5. The second kappa shape index (κ2) is 9.82. The topological polar surface area (TPSA) is 93.7 Å². The molecule has 2 N–H and O–H groups in total. The number of benzene rings is 2. The quantitative estimate of drug-likeness (QED) is 0.611. The third kappa shape index (κ3) is 6.00. The van der Waals surface area contributed by atoms with Gasteiger partial charge in [0.1, 0.15) is 12.3 Å². The van der Waals surface area contributed by atoms with Gasteiger partial charge in [0.05, 0.1) is 5.56 Å². The monoisotopic (exact) mass is 418 g/mol. The van der Waals surface area contributed by atoms with Gasteiger partial charge in [0, 0.05) is 11.6 Å². The molecule has 2 amide bonds. The largest absolute Gasteiger partial charge is 0.446 e. The molecule has 2 aromatic rings.